The highest BCUT2D eigenvalue weighted by molar-refractivity contribution is 6.05. The van der Waals surface area contributed by atoms with Gasteiger partial charge in [-0.2, -0.15) is 5.10 Å². The van der Waals surface area contributed by atoms with Crippen molar-refractivity contribution in [2.75, 3.05) is 12.4 Å². The van der Waals surface area contributed by atoms with Crippen LogP contribution in [0.2, 0.25) is 0 Å². The second-order valence-corrected chi connectivity index (χ2v) is 6.57. The fraction of sp³-hybridized carbons (Fsp3) is 0.238. The second-order valence-electron chi connectivity index (χ2n) is 6.57. The number of nitrogens with zero attached hydrogens (tertiary/aromatic N) is 2. The number of halogens is 1. The molecule has 0 atom stereocenters. The van der Waals surface area contributed by atoms with Gasteiger partial charge in [-0.25, -0.2) is 9.07 Å². The molecule has 0 radical (unpaired) electrons. The first-order valence-electron chi connectivity index (χ1n) is 8.72. The van der Waals surface area contributed by atoms with Crippen LogP contribution in [0, 0.1) is 5.82 Å². The number of benzene rings is 2. The van der Waals surface area contributed by atoms with Crippen LogP contribution in [-0.2, 0) is 11.3 Å². The molecule has 0 saturated carbocycles. The standard InChI is InChI=1S/C21H22FN3O2/c1-14(2)20-19(12-23-25(20)18-9-7-16(22)8-10-18)21(26)24-17-6-4-5-15(11-17)13-27-3/h4-12,14H,13H2,1-3H3,(H,24,26). The molecule has 0 unspecified atom stereocenters. The van der Waals surface area contributed by atoms with E-state index in [1.165, 1.54) is 12.1 Å². The molecule has 1 amide bonds. The molecule has 1 heterocycles. The minimum absolute atomic E-state index is 0.0538. The third-order valence-electron chi connectivity index (χ3n) is 4.16. The number of nitrogens with one attached hydrogen (secondary N) is 1. The molecule has 1 N–H and O–H groups in total. The van der Waals surface area contributed by atoms with E-state index in [0.717, 1.165) is 11.3 Å². The van der Waals surface area contributed by atoms with Crippen LogP contribution in [0.3, 0.4) is 0 Å². The summed E-state index contributed by atoms with van der Waals surface area (Å²) in [6, 6.07) is 13.6. The van der Waals surface area contributed by atoms with Crippen molar-refractivity contribution < 1.29 is 13.9 Å². The Morgan fingerprint density at radius 2 is 1.96 bits per heavy atom. The number of hydrogen-bond donors (Lipinski definition) is 1. The van der Waals surface area contributed by atoms with Gasteiger partial charge in [0, 0.05) is 12.8 Å². The van der Waals surface area contributed by atoms with Gasteiger partial charge in [-0.1, -0.05) is 26.0 Å². The van der Waals surface area contributed by atoms with E-state index in [1.807, 2.05) is 38.1 Å². The molecule has 5 nitrogen and oxygen atoms in total. The van der Waals surface area contributed by atoms with Gasteiger partial charge in [-0.05, 0) is 47.9 Å². The molecule has 0 aliphatic heterocycles. The number of ether oxygens (including phenoxy) is 1. The summed E-state index contributed by atoms with van der Waals surface area (Å²) in [5.74, 6) is -0.495. The highest BCUT2D eigenvalue weighted by atomic mass is 19.1. The maximum atomic E-state index is 13.2. The first kappa shape index (κ1) is 18.8. The molecule has 2 aromatic carbocycles. The maximum Gasteiger partial charge on any atom is 0.259 e. The van der Waals surface area contributed by atoms with Gasteiger partial charge in [0.1, 0.15) is 5.82 Å². The lowest BCUT2D eigenvalue weighted by molar-refractivity contribution is 0.102. The number of carbonyl (C=O) groups is 1. The fourth-order valence-corrected chi connectivity index (χ4v) is 2.98. The quantitative estimate of drug-likeness (QED) is 0.696. The van der Waals surface area contributed by atoms with Crippen molar-refractivity contribution in [2.45, 2.75) is 26.4 Å². The average Bonchev–Trinajstić information content (AvgIpc) is 3.08. The monoisotopic (exact) mass is 367 g/mol. The third kappa shape index (κ3) is 4.23. The summed E-state index contributed by atoms with van der Waals surface area (Å²) >= 11 is 0. The van der Waals surface area contributed by atoms with E-state index in [-0.39, 0.29) is 17.6 Å². The van der Waals surface area contributed by atoms with Crippen molar-refractivity contribution in [1.82, 2.24) is 9.78 Å². The van der Waals surface area contributed by atoms with E-state index in [9.17, 15) is 9.18 Å². The SMILES string of the molecule is COCc1cccc(NC(=O)c2cnn(-c3ccc(F)cc3)c2C(C)C)c1. The first-order chi connectivity index (χ1) is 13.0. The average molecular weight is 367 g/mol. The topological polar surface area (TPSA) is 56.1 Å². The smallest absolute Gasteiger partial charge is 0.259 e. The fourth-order valence-electron chi connectivity index (χ4n) is 2.98. The van der Waals surface area contributed by atoms with Crippen molar-refractivity contribution in [2.24, 2.45) is 0 Å². The summed E-state index contributed by atoms with van der Waals surface area (Å²) < 4.78 is 20.0. The zero-order chi connectivity index (χ0) is 19.4. The number of hydrogen-bond acceptors (Lipinski definition) is 3. The molecular weight excluding hydrogens is 345 g/mol. The number of amides is 1. The highest BCUT2D eigenvalue weighted by Gasteiger charge is 2.21. The molecule has 0 bridgehead atoms. The van der Waals surface area contributed by atoms with Gasteiger partial charge < -0.3 is 10.1 Å². The molecule has 0 aliphatic rings. The first-order valence-corrected chi connectivity index (χ1v) is 8.72. The molecular formula is C21H22FN3O2. The normalized spacial score (nSPS) is 11.0. The van der Waals surface area contributed by atoms with E-state index in [0.29, 0.717) is 23.5 Å². The lowest BCUT2D eigenvalue weighted by Crippen LogP contribution is -2.15. The van der Waals surface area contributed by atoms with Gasteiger partial charge in [0.05, 0.1) is 29.7 Å². The van der Waals surface area contributed by atoms with Crippen LogP contribution < -0.4 is 5.32 Å². The number of methoxy groups -OCH3 is 1. The molecule has 0 fully saturated rings. The molecule has 27 heavy (non-hydrogen) atoms. The summed E-state index contributed by atoms with van der Waals surface area (Å²) in [5, 5.41) is 7.28. The van der Waals surface area contributed by atoms with Crippen LogP contribution in [0.1, 0.15) is 41.4 Å². The zero-order valence-corrected chi connectivity index (χ0v) is 15.6. The van der Waals surface area contributed by atoms with Crippen LogP contribution >= 0.6 is 0 Å². The minimum Gasteiger partial charge on any atom is -0.380 e. The molecule has 1 aromatic heterocycles. The number of anilines is 1. The number of rotatable bonds is 6. The van der Waals surface area contributed by atoms with E-state index in [2.05, 4.69) is 10.4 Å². The number of aromatic nitrogens is 2. The minimum atomic E-state index is -0.314. The Bertz CT molecular complexity index is 933. The van der Waals surface area contributed by atoms with Crippen LogP contribution in [-0.4, -0.2) is 22.8 Å². The molecule has 140 valence electrons. The predicted molar refractivity (Wildman–Crippen MR) is 103 cm³/mol. The van der Waals surface area contributed by atoms with Crippen molar-refractivity contribution in [3.05, 3.63) is 77.4 Å². The van der Waals surface area contributed by atoms with Crippen molar-refractivity contribution >= 4 is 11.6 Å². The van der Waals surface area contributed by atoms with Crippen molar-refractivity contribution in [3.8, 4) is 5.69 Å². The van der Waals surface area contributed by atoms with Gasteiger partial charge in [0.25, 0.3) is 5.91 Å². The molecule has 0 saturated heterocycles. The van der Waals surface area contributed by atoms with E-state index in [4.69, 9.17) is 4.74 Å². The Morgan fingerprint density at radius 3 is 2.63 bits per heavy atom. The van der Waals surface area contributed by atoms with Crippen LogP contribution in [0.4, 0.5) is 10.1 Å². The van der Waals surface area contributed by atoms with E-state index in [1.54, 1.807) is 30.1 Å². The van der Waals surface area contributed by atoms with Gasteiger partial charge in [0.2, 0.25) is 0 Å². The van der Waals surface area contributed by atoms with Crippen LogP contribution in [0.15, 0.2) is 54.7 Å². The Balaban J connectivity index is 1.91. The van der Waals surface area contributed by atoms with E-state index >= 15 is 0 Å². The molecule has 6 heteroatoms. The maximum absolute atomic E-state index is 13.2. The number of carbonyl (C=O) groups excluding carboxylic acids is 1. The Kier molecular flexibility index (Phi) is 5.66. The van der Waals surface area contributed by atoms with Gasteiger partial charge >= 0.3 is 0 Å². The van der Waals surface area contributed by atoms with E-state index < -0.39 is 0 Å². The van der Waals surface area contributed by atoms with Crippen molar-refractivity contribution in [1.29, 1.82) is 0 Å². The van der Waals surface area contributed by atoms with Gasteiger partial charge in [-0.15, -0.1) is 0 Å². The third-order valence-corrected chi connectivity index (χ3v) is 4.16. The Morgan fingerprint density at radius 1 is 1.22 bits per heavy atom. The molecule has 3 aromatic rings. The van der Waals surface area contributed by atoms with Gasteiger partial charge in [-0.3, -0.25) is 4.79 Å². The largest absolute Gasteiger partial charge is 0.380 e. The lowest BCUT2D eigenvalue weighted by Gasteiger charge is -2.13. The summed E-state index contributed by atoms with van der Waals surface area (Å²) in [6.07, 6.45) is 1.55. The van der Waals surface area contributed by atoms with Crippen molar-refractivity contribution in [3.63, 3.8) is 0 Å². The molecule has 0 aliphatic carbocycles. The second kappa shape index (κ2) is 8.14. The predicted octanol–water partition coefficient (Wildman–Crippen LogP) is 4.53. The Labute approximate surface area is 157 Å². The zero-order valence-electron chi connectivity index (χ0n) is 15.6. The molecule has 3 rings (SSSR count). The van der Waals surface area contributed by atoms with Crippen LogP contribution in [0.5, 0.6) is 0 Å². The highest BCUT2D eigenvalue weighted by Crippen LogP contribution is 2.24. The summed E-state index contributed by atoms with van der Waals surface area (Å²) in [5.41, 5.74) is 3.64. The summed E-state index contributed by atoms with van der Waals surface area (Å²) in [4.78, 5) is 12.9. The lowest BCUT2D eigenvalue weighted by atomic mass is 10.0. The Hall–Kier alpha value is -2.99. The summed E-state index contributed by atoms with van der Waals surface area (Å²) in [7, 11) is 1.63. The van der Waals surface area contributed by atoms with Gasteiger partial charge in [0.15, 0.2) is 0 Å². The van der Waals surface area contributed by atoms with Crippen LogP contribution in [0.25, 0.3) is 5.69 Å². The molecule has 0 spiro atoms. The summed E-state index contributed by atoms with van der Waals surface area (Å²) in [6.45, 7) is 4.46.